The molecule has 2 amide bonds. The number of carbonyl (C=O) groups is 2. The Morgan fingerprint density at radius 1 is 0.621 bits per heavy atom. The summed E-state index contributed by atoms with van der Waals surface area (Å²) in [6.45, 7) is 0. The fraction of sp³-hybridized carbons (Fsp3) is 0.348. The third-order valence-electron chi connectivity index (χ3n) is 4.50. The van der Waals surface area contributed by atoms with Crippen LogP contribution in [0.4, 0.5) is 20.2 Å². The number of benzene rings is 2. The van der Waals surface area contributed by atoms with E-state index in [1.807, 2.05) is 30.3 Å². The second kappa shape index (κ2) is 12.6. The van der Waals surface area contributed by atoms with E-state index >= 15 is 0 Å². The summed E-state index contributed by atoms with van der Waals surface area (Å²) in [5, 5.41) is 5.59. The zero-order valence-corrected chi connectivity index (χ0v) is 16.4. The van der Waals surface area contributed by atoms with E-state index in [-0.39, 0.29) is 17.4 Å². The summed E-state index contributed by atoms with van der Waals surface area (Å²) in [7, 11) is 0. The smallest absolute Gasteiger partial charge is 0.326 e. The minimum Gasteiger partial charge on any atom is -0.326 e. The van der Waals surface area contributed by atoms with Gasteiger partial charge in [0.2, 0.25) is 11.8 Å². The third-order valence-corrected chi connectivity index (χ3v) is 4.50. The quantitative estimate of drug-likeness (QED) is 0.418. The standard InChI is InChI=1S/C23H27F2N2O2/c24-23(25)18-14-16-20(17-15-18)27-22(29)13-9-4-2-1-3-8-12-21(28)26-19-10-6-5-7-11-19/h5-7,10-11,14-17H,1-4,8-9,12-13H2,(H,26,28)(H,27,29). The molecule has 0 unspecified atom stereocenters. The van der Waals surface area contributed by atoms with Gasteiger partial charge in [0.25, 0.3) is 0 Å². The Labute approximate surface area is 170 Å². The van der Waals surface area contributed by atoms with E-state index in [0.717, 1.165) is 44.2 Å². The number of para-hydroxylation sites is 1. The highest BCUT2D eigenvalue weighted by atomic mass is 19.3. The van der Waals surface area contributed by atoms with Crippen molar-refractivity contribution in [2.45, 2.75) is 51.4 Å². The van der Waals surface area contributed by atoms with Crippen LogP contribution in [0.3, 0.4) is 0 Å². The number of hydrogen-bond acceptors (Lipinski definition) is 2. The Balaban J connectivity index is 1.47. The first-order valence-corrected chi connectivity index (χ1v) is 9.98. The SMILES string of the molecule is O=C(CCCCCCCCC(=O)Nc1ccc([C](F)F)cc1)Nc1ccccc1. The lowest BCUT2D eigenvalue weighted by Gasteiger charge is -2.06. The van der Waals surface area contributed by atoms with Crippen molar-refractivity contribution >= 4 is 23.2 Å². The van der Waals surface area contributed by atoms with E-state index in [0.29, 0.717) is 18.5 Å². The number of hydrogen-bond donors (Lipinski definition) is 2. The molecule has 155 valence electrons. The molecule has 2 aromatic carbocycles. The molecule has 2 aromatic rings. The number of carbonyl (C=O) groups excluding carboxylic acids is 2. The number of amides is 2. The summed E-state index contributed by atoms with van der Waals surface area (Å²) in [6.07, 6.45) is 4.82. The second-order valence-corrected chi connectivity index (χ2v) is 6.92. The second-order valence-electron chi connectivity index (χ2n) is 6.92. The molecular formula is C23H27F2N2O2. The van der Waals surface area contributed by atoms with Crippen molar-refractivity contribution in [3.8, 4) is 0 Å². The molecular weight excluding hydrogens is 374 g/mol. The minimum absolute atomic E-state index is 0.0352. The zero-order valence-electron chi connectivity index (χ0n) is 16.4. The molecule has 0 aliphatic heterocycles. The maximum atomic E-state index is 12.4. The molecule has 4 nitrogen and oxygen atoms in total. The van der Waals surface area contributed by atoms with Gasteiger partial charge in [-0.05, 0) is 37.1 Å². The predicted octanol–water partition coefficient (Wildman–Crippen LogP) is 6.16. The fourth-order valence-corrected chi connectivity index (χ4v) is 2.93. The van der Waals surface area contributed by atoms with Gasteiger partial charge in [-0.1, -0.05) is 56.0 Å². The average Bonchev–Trinajstić information content (AvgIpc) is 2.71. The van der Waals surface area contributed by atoms with Crippen molar-refractivity contribution in [1.29, 1.82) is 0 Å². The van der Waals surface area contributed by atoms with Crippen LogP contribution in [0, 0.1) is 6.43 Å². The van der Waals surface area contributed by atoms with E-state index in [1.54, 1.807) is 0 Å². The van der Waals surface area contributed by atoms with Gasteiger partial charge in [-0.2, -0.15) is 8.78 Å². The van der Waals surface area contributed by atoms with E-state index < -0.39 is 6.43 Å². The lowest BCUT2D eigenvalue weighted by Crippen LogP contribution is -2.11. The molecule has 0 fully saturated rings. The van der Waals surface area contributed by atoms with Gasteiger partial charge < -0.3 is 10.6 Å². The molecule has 2 N–H and O–H groups in total. The maximum absolute atomic E-state index is 12.4. The van der Waals surface area contributed by atoms with Crippen LogP contribution < -0.4 is 10.6 Å². The lowest BCUT2D eigenvalue weighted by molar-refractivity contribution is -0.117. The molecule has 29 heavy (non-hydrogen) atoms. The third kappa shape index (κ3) is 9.32. The number of unbranched alkanes of at least 4 members (excludes halogenated alkanes) is 5. The van der Waals surface area contributed by atoms with Crippen LogP contribution in [0.15, 0.2) is 54.6 Å². The van der Waals surface area contributed by atoms with Crippen molar-refractivity contribution in [3.05, 3.63) is 66.6 Å². The Kier molecular flexibility index (Phi) is 9.83. The number of halogens is 2. The van der Waals surface area contributed by atoms with Crippen molar-refractivity contribution < 1.29 is 18.4 Å². The van der Waals surface area contributed by atoms with Crippen molar-refractivity contribution in [2.75, 3.05) is 10.6 Å². The first kappa shape index (κ1) is 22.5. The van der Waals surface area contributed by atoms with Gasteiger partial charge in [-0.15, -0.1) is 0 Å². The summed E-state index contributed by atoms with van der Waals surface area (Å²) in [6, 6.07) is 14.9. The first-order valence-electron chi connectivity index (χ1n) is 9.98. The van der Waals surface area contributed by atoms with E-state index in [4.69, 9.17) is 0 Å². The molecule has 0 aliphatic rings. The maximum Gasteiger partial charge on any atom is 0.339 e. The molecule has 0 spiro atoms. The van der Waals surface area contributed by atoms with Crippen LogP contribution in [0.1, 0.15) is 56.9 Å². The first-order chi connectivity index (χ1) is 14.0. The van der Waals surface area contributed by atoms with Crippen LogP contribution in [-0.2, 0) is 9.59 Å². The molecule has 0 atom stereocenters. The molecule has 0 saturated carbocycles. The van der Waals surface area contributed by atoms with Gasteiger partial charge in [-0.3, -0.25) is 9.59 Å². The Bertz CT molecular complexity index is 749. The highest BCUT2D eigenvalue weighted by molar-refractivity contribution is 5.91. The monoisotopic (exact) mass is 401 g/mol. The predicted molar refractivity (Wildman–Crippen MR) is 112 cm³/mol. The molecule has 1 radical (unpaired) electrons. The van der Waals surface area contributed by atoms with Crippen LogP contribution in [-0.4, -0.2) is 11.8 Å². The molecule has 0 aliphatic carbocycles. The summed E-state index contributed by atoms with van der Waals surface area (Å²) in [4.78, 5) is 23.7. The average molecular weight is 401 g/mol. The fourth-order valence-electron chi connectivity index (χ4n) is 2.93. The Hall–Kier alpha value is -2.76. The molecule has 0 aromatic heterocycles. The highest BCUT2D eigenvalue weighted by Crippen LogP contribution is 2.19. The number of nitrogens with one attached hydrogen (secondary N) is 2. The van der Waals surface area contributed by atoms with Crippen molar-refractivity contribution in [2.24, 2.45) is 0 Å². The molecule has 6 heteroatoms. The van der Waals surface area contributed by atoms with Crippen LogP contribution >= 0.6 is 0 Å². The molecule has 0 heterocycles. The van der Waals surface area contributed by atoms with E-state index in [9.17, 15) is 18.4 Å². The molecule has 0 bridgehead atoms. The summed E-state index contributed by atoms with van der Waals surface area (Å²) < 4.78 is 24.8. The number of anilines is 2. The topological polar surface area (TPSA) is 58.2 Å². The van der Waals surface area contributed by atoms with Crippen molar-refractivity contribution in [3.63, 3.8) is 0 Å². The summed E-state index contributed by atoms with van der Waals surface area (Å²) in [5.74, 6) is -0.0759. The van der Waals surface area contributed by atoms with E-state index in [2.05, 4.69) is 10.6 Å². The molecule has 2 rings (SSSR count). The van der Waals surface area contributed by atoms with Crippen LogP contribution in [0.2, 0.25) is 0 Å². The van der Waals surface area contributed by atoms with Gasteiger partial charge >= 0.3 is 6.43 Å². The molecule has 0 saturated heterocycles. The Morgan fingerprint density at radius 3 is 1.55 bits per heavy atom. The summed E-state index contributed by atoms with van der Waals surface area (Å²) in [5.41, 5.74) is 1.20. The van der Waals surface area contributed by atoms with Crippen molar-refractivity contribution in [1.82, 2.24) is 0 Å². The highest BCUT2D eigenvalue weighted by Gasteiger charge is 2.09. The largest absolute Gasteiger partial charge is 0.339 e. The summed E-state index contributed by atoms with van der Waals surface area (Å²) >= 11 is 0. The Morgan fingerprint density at radius 2 is 1.07 bits per heavy atom. The minimum atomic E-state index is -1.74. The zero-order chi connectivity index (χ0) is 20.9. The lowest BCUT2D eigenvalue weighted by atomic mass is 10.1. The van der Waals surface area contributed by atoms with Gasteiger partial charge in [0.1, 0.15) is 0 Å². The van der Waals surface area contributed by atoms with Crippen LogP contribution in [0.25, 0.3) is 0 Å². The van der Waals surface area contributed by atoms with Gasteiger partial charge in [-0.25, -0.2) is 0 Å². The van der Waals surface area contributed by atoms with Gasteiger partial charge in [0.05, 0.1) is 0 Å². The van der Waals surface area contributed by atoms with Gasteiger partial charge in [0.15, 0.2) is 0 Å². The van der Waals surface area contributed by atoms with Crippen LogP contribution in [0.5, 0.6) is 0 Å². The van der Waals surface area contributed by atoms with E-state index in [1.165, 1.54) is 24.3 Å². The normalized spacial score (nSPS) is 10.7. The number of rotatable bonds is 12. The van der Waals surface area contributed by atoms with Gasteiger partial charge in [0, 0.05) is 29.8 Å².